The molecule has 1 unspecified atom stereocenters. The minimum absolute atomic E-state index is 0.0707. The van der Waals surface area contributed by atoms with Gasteiger partial charge in [-0.05, 0) is 32.4 Å². The van der Waals surface area contributed by atoms with Gasteiger partial charge in [0.2, 0.25) is 12.0 Å². The second-order valence-electron chi connectivity index (χ2n) is 6.05. The van der Waals surface area contributed by atoms with E-state index in [4.69, 9.17) is 14.2 Å². The molecule has 0 bridgehead atoms. The summed E-state index contributed by atoms with van der Waals surface area (Å²) in [4.78, 5) is 11.8. The number of rotatable bonds is 3. The van der Waals surface area contributed by atoms with Crippen molar-refractivity contribution >= 4 is 5.97 Å². The molecule has 0 aromatic heterocycles. The van der Waals surface area contributed by atoms with Crippen LogP contribution >= 0.6 is 0 Å². The summed E-state index contributed by atoms with van der Waals surface area (Å²) >= 11 is 0. The first-order chi connectivity index (χ1) is 9.89. The third-order valence-corrected chi connectivity index (χ3v) is 3.16. The molecule has 2 atom stereocenters. The molecule has 1 heterocycles. The number of carbonyl (C=O) groups excluding carboxylic acids is 1. The summed E-state index contributed by atoms with van der Waals surface area (Å²) in [6, 6.07) is 10.0. The fraction of sp³-hybridized carbons (Fsp3) is 0.471. The quantitative estimate of drug-likeness (QED) is 0.800. The van der Waals surface area contributed by atoms with Crippen molar-refractivity contribution in [3.8, 4) is 0 Å². The first-order valence-electron chi connectivity index (χ1n) is 7.08. The van der Waals surface area contributed by atoms with Crippen LogP contribution in [0, 0.1) is 0 Å². The molecule has 21 heavy (non-hydrogen) atoms. The monoisotopic (exact) mass is 290 g/mol. The van der Waals surface area contributed by atoms with Crippen LogP contribution in [0.25, 0.3) is 0 Å². The first kappa shape index (κ1) is 15.6. The van der Waals surface area contributed by atoms with Gasteiger partial charge in [0.15, 0.2) is 0 Å². The van der Waals surface area contributed by atoms with E-state index in [2.05, 4.69) is 0 Å². The highest BCUT2D eigenvalue weighted by Gasteiger charge is 2.31. The maximum atomic E-state index is 11.8. The average molecular weight is 290 g/mol. The van der Waals surface area contributed by atoms with Crippen LogP contribution in [0.2, 0.25) is 0 Å². The van der Waals surface area contributed by atoms with Crippen molar-refractivity contribution in [2.75, 3.05) is 7.11 Å². The van der Waals surface area contributed by atoms with Crippen molar-refractivity contribution in [3.05, 3.63) is 47.7 Å². The molecule has 0 aliphatic carbocycles. The Hall–Kier alpha value is -1.81. The van der Waals surface area contributed by atoms with E-state index in [0.29, 0.717) is 6.42 Å². The van der Waals surface area contributed by atoms with Gasteiger partial charge in [0.05, 0.1) is 12.7 Å². The normalized spacial score (nSPS) is 22.2. The van der Waals surface area contributed by atoms with Gasteiger partial charge in [-0.1, -0.05) is 30.3 Å². The van der Waals surface area contributed by atoms with Gasteiger partial charge in [-0.2, -0.15) is 0 Å². The zero-order valence-electron chi connectivity index (χ0n) is 13.0. The van der Waals surface area contributed by atoms with E-state index in [1.54, 1.807) is 0 Å². The van der Waals surface area contributed by atoms with Gasteiger partial charge >= 0.3 is 5.97 Å². The van der Waals surface area contributed by atoms with Crippen LogP contribution in [-0.2, 0) is 19.0 Å². The Balaban J connectivity index is 2.25. The van der Waals surface area contributed by atoms with E-state index in [1.165, 1.54) is 7.11 Å². The van der Waals surface area contributed by atoms with Crippen LogP contribution < -0.4 is 0 Å². The summed E-state index contributed by atoms with van der Waals surface area (Å²) in [5.74, 6) is -0.189. The van der Waals surface area contributed by atoms with E-state index in [0.717, 1.165) is 5.56 Å². The number of benzene rings is 1. The molecule has 4 nitrogen and oxygen atoms in total. The molecule has 2 rings (SSSR count). The predicted molar refractivity (Wildman–Crippen MR) is 79.6 cm³/mol. The molecule has 0 N–H and O–H groups in total. The number of hydrogen-bond acceptors (Lipinski definition) is 4. The summed E-state index contributed by atoms with van der Waals surface area (Å²) in [6.07, 6.45) is 2.01. The Morgan fingerprint density at radius 1 is 1.24 bits per heavy atom. The number of carbonyl (C=O) groups is 1. The van der Waals surface area contributed by atoms with Gasteiger partial charge in [0.25, 0.3) is 0 Å². The summed E-state index contributed by atoms with van der Waals surface area (Å²) in [7, 11) is 1.35. The van der Waals surface area contributed by atoms with E-state index in [9.17, 15) is 4.79 Å². The molecule has 0 fully saturated rings. The number of methoxy groups -OCH3 is 1. The molecule has 0 radical (unpaired) electrons. The Bertz CT molecular complexity index is 513. The SMILES string of the molecule is COC(=O)C1=CC(c2ccccc2)C[C@@H](OC(C)(C)C)O1. The largest absolute Gasteiger partial charge is 0.463 e. The molecule has 4 heteroatoms. The van der Waals surface area contributed by atoms with Crippen molar-refractivity contribution in [2.45, 2.75) is 45.0 Å². The smallest absolute Gasteiger partial charge is 0.373 e. The second kappa shape index (κ2) is 6.31. The number of hydrogen-bond donors (Lipinski definition) is 0. The van der Waals surface area contributed by atoms with Crippen LogP contribution in [0.4, 0.5) is 0 Å². The highest BCUT2D eigenvalue weighted by molar-refractivity contribution is 5.86. The maximum absolute atomic E-state index is 11.8. The third-order valence-electron chi connectivity index (χ3n) is 3.16. The molecule has 0 amide bonds. The second-order valence-corrected chi connectivity index (χ2v) is 6.05. The van der Waals surface area contributed by atoms with Crippen molar-refractivity contribution in [1.82, 2.24) is 0 Å². The van der Waals surface area contributed by atoms with Gasteiger partial charge in [0, 0.05) is 12.3 Å². The van der Waals surface area contributed by atoms with Crippen LogP contribution in [0.1, 0.15) is 38.7 Å². The fourth-order valence-electron chi connectivity index (χ4n) is 2.30. The van der Waals surface area contributed by atoms with Crippen molar-refractivity contribution in [2.24, 2.45) is 0 Å². The van der Waals surface area contributed by atoms with Gasteiger partial charge in [0.1, 0.15) is 0 Å². The summed E-state index contributed by atoms with van der Waals surface area (Å²) in [5, 5.41) is 0. The van der Waals surface area contributed by atoms with E-state index in [-0.39, 0.29) is 17.3 Å². The minimum Gasteiger partial charge on any atom is -0.463 e. The van der Waals surface area contributed by atoms with Crippen LogP contribution in [0.3, 0.4) is 0 Å². The lowest BCUT2D eigenvalue weighted by Crippen LogP contribution is -2.34. The molecule has 0 saturated heterocycles. The Morgan fingerprint density at radius 3 is 2.48 bits per heavy atom. The molecular formula is C17H22O4. The Kier molecular flexibility index (Phi) is 4.68. The highest BCUT2D eigenvalue weighted by Crippen LogP contribution is 2.33. The molecule has 1 aromatic rings. The minimum atomic E-state index is -0.474. The third kappa shape index (κ3) is 4.33. The fourth-order valence-corrected chi connectivity index (χ4v) is 2.30. The molecule has 1 aliphatic rings. The van der Waals surface area contributed by atoms with Gasteiger partial charge in [-0.3, -0.25) is 0 Å². The Labute approximate surface area is 125 Å². The highest BCUT2D eigenvalue weighted by atomic mass is 16.7. The topological polar surface area (TPSA) is 44.8 Å². The molecular weight excluding hydrogens is 268 g/mol. The first-order valence-corrected chi connectivity index (χ1v) is 7.08. The van der Waals surface area contributed by atoms with Crippen molar-refractivity contribution in [3.63, 3.8) is 0 Å². The lowest BCUT2D eigenvalue weighted by molar-refractivity contribution is -0.192. The molecule has 1 aliphatic heterocycles. The van der Waals surface area contributed by atoms with E-state index in [1.807, 2.05) is 57.2 Å². The number of esters is 1. The lowest BCUT2D eigenvalue weighted by atomic mass is 9.93. The summed E-state index contributed by atoms with van der Waals surface area (Å²) in [5.41, 5.74) is 0.787. The zero-order valence-corrected chi connectivity index (χ0v) is 13.0. The number of allylic oxidation sites excluding steroid dienone is 1. The molecule has 114 valence electrons. The standard InChI is InChI=1S/C17H22O4/c1-17(2,3)21-15-11-13(12-8-6-5-7-9-12)10-14(20-15)16(18)19-4/h5-10,13,15H,11H2,1-4H3/t13?,15-/m1/s1. The predicted octanol–water partition coefficient (Wildman–Crippen LogP) is 3.39. The van der Waals surface area contributed by atoms with E-state index < -0.39 is 12.3 Å². The van der Waals surface area contributed by atoms with Crippen molar-refractivity contribution in [1.29, 1.82) is 0 Å². The van der Waals surface area contributed by atoms with Gasteiger partial charge < -0.3 is 14.2 Å². The number of ether oxygens (including phenoxy) is 3. The average Bonchev–Trinajstić information content (AvgIpc) is 2.45. The summed E-state index contributed by atoms with van der Waals surface area (Å²) in [6.45, 7) is 5.89. The van der Waals surface area contributed by atoms with Crippen molar-refractivity contribution < 1.29 is 19.0 Å². The van der Waals surface area contributed by atoms with Gasteiger partial charge in [-0.25, -0.2) is 4.79 Å². The molecule has 1 aromatic carbocycles. The van der Waals surface area contributed by atoms with Crippen LogP contribution in [0.5, 0.6) is 0 Å². The molecule has 0 saturated carbocycles. The maximum Gasteiger partial charge on any atom is 0.373 e. The summed E-state index contributed by atoms with van der Waals surface area (Å²) < 4.78 is 16.3. The molecule has 0 spiro atoms. The lowest BCUT2D eigenvalue weighted by Gasteiger charge is -2.33. The Morgan fingerprint density at radius 2 is 1.90 bits per heavy atom. The van der Waals surface area contributed by atoms with Gasteiger partial charge in [-0.15, -0.1) is 0 Å². The van der Waals surface area contributed by atoms with Crippen LogP contribution in [-0.4, -0.2) is 25.0 Å². The zero-order chi connectivity index (χ0) is 15.5. The van der Waals surface area contributed by atoms with Crippen LogP contribution in [0.15, 0.2) is 42.2 Å². The van der Waals surface area contributed by atoms with E-state index >= 15 is 0 Å².